The summed E-state index contributed by atoms with van der Waals surface area (Å²) in [5.74, 6) is 0.729. The number of hydrogen-bond donors (Lipinski definition) is 1. The third-order valence-corrected chi connectivity index (χ3v) is 4.86. The molecule has 0 aromatic carbocycles. The van der Waals surface area contributed by atoms with Crippen molar-refractivity contribution in [3.63, 3.8) is 0 Å². The zero-order valence-electron chi connectivity index (χ0n) is 11.8. The van der Waals surface area contributed by atoms with Crippen molar-refractivity contribution in [1.29, 1.82) is 0 Å². The summed E-state index contributed by atoms with van der Waals surface area (Å²) >= 11 is 0. The van der Waals surface area contributed by atoms with Crippen molar-refractivity contribution in [3.8, 4) is 0 Å². The van der Waals surface area contributed by atoms with Crippen LogP contribution in [0.3, 0.4) is 0 Å². The van der Waals surface area contributed by atoms with E-state index in [1.807, 2.05) is 0 Å². The fraction of sp³-hybridized carbons (Fsp3) is 0.688. The first-order valence-corrected chi connectivity index (χ1v) is 7.67. The lowest BCUT2D eigenvalue weighted by Gasteiger charge is -2.28. The van der Waals surface area contributed by atoms with Crippen LogP contribution < -0.4 is 11.3 Å². The molecule has 0 radical (unpaired) electrons. The van der Waals surface area contributed by atoms with Gasteiger partial charge in [0, 0.05) is 23.8 Å². The van der Waals surface area contributed by atoms with E-state index < -0.39 is 0 Å². The Morgan fingerprint density at radius 3 is 2.74 bits per heavy atom. The first kappa shape index (κ1) is 12.9. The first-order chi connectivity index (χ1) is 9.20. The molecule has 3 nitrogen and oxygen atoms in total. The Morgan fingerprint density at radius 2 is 2.05 bits per heavy atom. The second kappa shape index (κ2) is 5.12. The molecule has 3 heteroatoms. The van der Waals surface area contributed by atoms with Gasteiger partial charge in [-0.15, -0.1) is 0 Å². The number of nitrogens with zero attached hydrogens (tertiary/aromatic N) is 1. The average Bonchev–Trinajstić information content (AvgIpc) is 2.92. The van der Waals surface area contributed by atoms with Gasteiger partial charge in [-0.25, -0.2) is 0 Å². The molecule has 1 unspecified atom stereocenters. The summed E-state index contributed by atoms with van der Waals surface area (Å²) in [4.78, 5) is 12.6. The van der Waals surface area contributed by atoms with Gasteiger partial charge in [0.2, 0.25) is 0 Å². The lowest BCUT2D eigenvalue weighted by molar-refractivity contribution is 0.428. The highest BCUT2D eigenvalue weighted by Gasteiger charge is 2.26. The summed E-state index contributed by atoms with van der Waals surface area (Å²) in [6.45, 7) is 2.67. The fourth-order valence-electron chi connectivity index (χ4n) is 3.80. The summed E-state index contributed by atoms with van der Waals surface area (Å²) in [7, 11) is 0. The number of hydrogen-bond acceptors (Lipinski definition) is 2. The van der Waals surface area contributed by atoms with Crippen LogP contribution in [0.5, 0.6) is 0 Å². The van der Waals surface area contributed by atoms with E-state index in [0.29, 0.717) is 12.6 Å². The quantitative estimate of drug-likeness (QED) is 0.888. The van der Waals surface area contributed by atoms with Crippen molar-refractivity contribution in [2.24, 2.45) is 11.7 Å². The molecule has 2 aliphatic carbocycles. The molecule has 2 N–H and O–H groups in total. The number of rotatable bonds is 2. The van der Waals surface area contributed by atoms with Gasteiger partial charge in [-0.2, -0.15) is 0 Å². The van der Waals surface area contributed by atoms with Crippen LogP contribution in [0, 0.1) is 5.92 Å². The smallest absolute Gasteiger partial charge is 0.255 e. The van der Waals surface area contributed by atoms with E-state index in [1.165, 1.54) is 30.5 Å². The molecule has 1 fully saturated rings. The maximum Gasteiger partial charge on any atom is 0.255 e. The highest BCUT2D eigenvalue weighted by atomic mass is 16.1. The summed E-state index contributed by atoms with van der Waals surface area (Å²) in [6.07, 6.45) is 8.22. The molecule has 0 saturated heterocycles. The van der Waals surface area contributed by atoms with E-state index in [0.717, 1.165) is 37.2 Å². The van der Waals surface area contributed by atoms with E-state index in [4.69, 9.17) is 5.73 Å². The molecule has 0 amide bonds. The third-order valence-electron chi connectivity index (χ3n) is 4.86. The molecule has 0 aliphatic heterocycles. The fourth-order valence-corrected chi connectivity index (χ4v) is 3.80. The number of nitrogens with two attached hydrogens (primary N) is 1. The van der Waals surface area contributed by atoms with Gasteiger partial charge in [-0.05, 0) is 49.7 Å². The summed E-state index contributed by atoms with van der Waals surface area (Å²) in [5, 5.41) is 0. The van der Waals surface area contributed by atoms with Crippen LogP contribution in [0.1, 0.15) is 61.9 Å². The van der Waals surface area contributed by atoms with Crippen LogP contribution in [0.4, 0.5) is 0 Å². The van der Waals surface area contributed by atoms with E-state index in [2.05, 4.69) is 17.6 Å². The van der Waals surface area contributed by atoms with Gasteiger partial charge in [0.05, 0.1) is 0 Å². The van der Waals surface area contributed by atoms with E-state index in [9.17, 15) is 4.79 Å². The van der Waals surface area contributed by atoms with Crippen molar-refractivity contribution in [2.75, 3.05) is 0 Å². The number of aromatic nitrogens is 1. The van der Waals surface area contributed by atoms with Gasteiger partial charge >= 0.3 is 0 Å². The molecule has 0 spiro atoms. The summed E-state index contributed by atoms with van der Waals surface area (Å²) in [5.41, 5.74) is 9.45. The Balaban J connectivity index is 2.14. The molecule has 104 valence electrons. The third kappa shape index (κ3) is 2.25. The molecule has 19 heavy (non-hydrogen) atoms. The zero-order valence-corrected chi connectivity index (χ0v) is 11.8. The highest BCUT2D eigenvalue weighted by molar-refractivity contribution is 5.30. The Bertz CT molecular complexity index is 526. The van der Waals surface area contributed by atoms with E-state index >= 15 is 0 Å². The largest absolute Gasteiger partial charge is 0.326 e. The van der Waals surface area contributed by atoms with Crippen molar-refractivity contribution >= 4 is 0 Å². The van der Waals surface area contributed by atoms with Crippen molar-refractivity contribution in [1.82, 2.24) is 4.57 Å². The van der Waals surface area contributed by atoms with Crippen molar-refractivity contribution in [2.45, 2.75) is 64.5 Å². The van der Waals surface area contributed by atoms with Crippen LogP contribution in [-0.2, 0) is 19.4 Å². The van der Waals surface area contributed by atoms with E-state index in [-0.39, 0.29) is 5.56 Å². The molecule has 1 aromatic heterocycles. The second-order valence-corrected chi connectivity index (χ2v) is 6.31. The molecule has 1 saturated carbocycles. The Morgan fingerprint density at radius 1 is 1.32 bits per heavy atom. The number of fused-ring (bicyclic) bond motifs is 1. The maximum absolute atomic E-state index is 12.6. The SMILES string of the molecule is CC1CCc2c(cc(CN)c(=O)n2C2CCCC2)C1. The van der Waals surface area contributed by atoms with Crippen LogP contribution in [0.25, 0.3) is 0 Å². The Kier molecular flexibility index (Phi) is 3.48. The molecule has 3 rings (SSSR count). The topological polar surface area (TPSA) is 48.0 Å². The van der Waals surface area contributed by atoms with Gasteiger partial charge in [0.25, 0.3) is 5.56 Å². The first-order valence-electron chi connectivity index (χ1n) is 7.67. The van der Waals surface area contributed by atoms with Gasteiger partial charge < -0.3 is 10.3 Å². The Hall–Kier alpha value is -1.09. The van der Waals surface area contributed by atoms with Crippen molar-refractivity contribution in [3.05, 3.63) is 33.2 Å². The van der Waals surface area contributed by atoms with E-state index in [1.54, 1.807) is 0 Å². The molecular formula is C16H24N2O. The van der Waals surface area contributed by atoms with Gasteiger partial charge in [-0.3, -0.25) is 4.79 Å². The molecule has 0 bridgehead atoms. The minimum Gasteiger partial charge on any atom is -0.326 e. The predicted molar refractivity (Wildman–Crippen MR) is 77.3 cm³/mol. The standard InChI is InChI=1S/C16H24N2O/c1-11-6-7-15-12(8-11)9-13(10-17)16(19)18(15)14-4-2-3-5-14/h9,11,14H,2-8,10,17H2,1H3. The lowest BCUT2D eigenvalue weighted by Crippen LogP contribution is -2.33. The Labute approximate surface area is 114 Å². The second-order valence-electron chi connectivity index (χ2n) is 6.31. The highest BCUT2D eigenvalue weighted by Crippen LogP contribution is 2.33. The number of pyridine rings is 1. The van der Waals surface area contributed by atoms with Crippen LogP contribution in [0.2, 0.25) is 0 Å². The van der Waals surface area contributed by atoms with Crippen molar-refractivity contribution < 1.29 is 0 Å². The van der Waals surface area contributed by atoms with Gasteiger partial charge in [0.15, 0.2) is 0 Å². The zero-order chi connectivity index (χ0) is 13.4. The van der Waals surface area contributed by atoms with Crippen LogP contribution in [0.15, 0.2) is 10.9 Å². The molecule has 1 atom stereocenters. The van der Waals surface area contributed by atoms with Gasteiger partial charge in [0.1, 0.15) is 0 Å². The lowest BCUT2D eigenvalue weighted by atomic mass is 9.86. The molecular weight excluding hydrogens is 236 g/mol. The maximum atomic E-state index is 12.6. The average molecular weight is 260 g/mol. The van der Waals surface area contributed by atoms with Gasteiger partial charge in [-0.1, -0.05) is 19.8 Å². The molecule has 1 heterocycles. The minimum absolute atomic E-state index is 0.183. The normalized spacial score (nSPS) is 23.6. The summed E-state index contributed by atoms with van der Waals surface area (Å²) in [6, 6.07) is 2.51. The summed E-state index contributed by atoms with van der Waals surface area (Å²) < 4.78 is 2.12. The predicted octanol–water partition coefficient (Wildman–Crippen LogP) is 2.55. The minimum atomic E-state index is 0.183. The van der Waals surface area contributed by atoms with Crippen LogP contribution in [-0.4, -0.2) is 4.57 Å². The molecule has 2 aliphatic rings. The van der Waals surface area contributed by atoms with Crippen LogP contribution >= 0.6 is 0 Å². The molecule has 1 aromatic rings. The monoisotopic (exact) mass is 260 g/mol.